The molecule has 1 fully saturated rings. The van der Waals surface area contributed by atoms with Crippen molar-refractivity contribution in [3.63, 3.8) is 0 Å². The zero-order chi connectivity index (χ0) is 39.2. The van der Waals surface area contributed by atoms with Crippen LogP contribution in [0.4, 0.5) is 22.0 Å². The van der Waals surface area contributed by atoms with Crippen LogP contribution in [0.5, 0.6) is 0 Å². The zero-order valence-electron chi connectivity index (χ0n) is 29.1. The Labute approximate surface area is 315 Å². The highest BCUT2D eigenvalue weighted by molar-refractivity contribution is 6.33. The Hall–Kier alpha value is -4.83. The van der Waals surface area contributed by atoms with Crippen LogP contribution < -0.4 is 5.32 Å². The number of carbonyl (C=O) groups excluding carboxylic acids is 3. The molecule has 2 aliphatic rings. The number of alkyl halides is 5. The van der Waals surface area contributed by atoms with E-state index in [1.165, 1.54) is 42.7 Å². The standard InChI is InChI=1S/C36H34Cl2F5N7O4/c1-34(2,3)18-35(23-9-6-20(7-10-23)22-14-45-49(16-22)32(39)40)31(53)50(33(48-35)47-30(52)36(41,42)43)26(17-54-28(51)12-19-4-5-19)21-8-11-25(37)24(13-21)29-44-15-27(38)46-29/h6-11,13-16,19,26,32H,4-5,12,17-18H2,1-3H3,(H,44,46)(H,47,48,52)/t26-,35-/m1/s1. The predicted octanol–water partition coefficient (Wildman–Crippen LogP) is 8.23. The van der Waals surface area contributed by atoms with E-state index < -0.39 is 60.1 Å². The van der Waals surface area contributed by atoms with Gasteiger partial charge in [0.15, 0.2) is 5.54 Å². The molecule has 1 aliphatic carbocycles. The first-order chi connectivity index (χ1) is 25.3. The number of aliphatic imine (C=N–C) groups is 1. The Bertz CT molecular complexity index is 2090. The summed E-state index contributed by atoms with van der Waals surface area (Å²) in [6, 6.07) is 9.28. The van der Waals surface area contributed by atoms with E-state index in [4.69, 9.17) is 27.9 Å². The Morgan fingerprint density at radius 2 is 1.76 bits per heavy atom. The van der Waals surface area contributed by atoms with Crippen LogP contribution in [0.3, 0.4) is 0 Å². The molecule has 54 heavy (non-hydrogen) atoms. The minimum Gasteiger partial charge on any atom is -0.463 e. The molecule has 2 aromatic heterocycles. The molecule has 0 saturated heterocycles. The number of amides is 2. The molecule has 0 unspecified atom stereocenters. The number of esters is 1. The first kappa shape index (κ1) is 38.9. The lowest BCUT2D eigenvalue weighted by Gasteiger charge is -2.35. The maximum absolute atomic E-state index is 15.1. The van der Waals surface area contributed by atoms with Gasteiger partial charge >= 0.3 is 24.6 Å². The minimum atomic E-state index is -5.37. The third kappa shape index (κ3) is 8.44. The van der Waals surface area contributed by atoms with Crippen LogP contribution in [0.15, 0.2) is 66.0 Å². The van der Waals surface area contributed by atoms with E-state index in [2.05, 4.69) is 20.1 Å². The van der Waals surface area contributed by atoms with Gasteiger partial charge in [-0.15, -0.1) is 0 Å². The first-order valence-corrected chi connectivity index (χ1v) is 17.5. The van der Waals surface area contributed by atoms with Crippen molar-refractivity contribution in [3.8, 4) is 22.5 Å². The van der Waals surface area contributed by atoms with Gasteiger partial charge in [-0.25, -0.2) is 14.7 Å². The molecule has 4 aromatic rings. The van der Waals surface area contributed by atoms with Crippen LogP contribution in [-0.2, 0) is 24.7 Å². The number of hydrogen-bond acceptors (Lipinski definition) is 7. The van der Waals surface area contributed by atoms with Crippen molar-refractivity contribution in [2.75, 3.05) is 6.61 Å². The number of halogens is 7. The average Bonchev–Trinajstić information content (AvgIpc) is 3.45. The summed E-state index contributed by atoms with van der Waals surface area (Å²) < 4.78 is 74.1. The second kappa shape index (κ2) is 14.8. The zero-order valence-corrected chi connectivity index (χ0v) is 30.6. The maximum Gasteiger partial charge on any atom is 0.471 e. The third-order valence-electron chi connectivity index (χ3n) is 8.91. The van der Waals surface area contributed by atoms with Gasteiger partial charge in [-0.1, -0.05) is 74.3 Å². The number of H-pyrrole nitrogens is 1. The molecule has 11 nitrogen and oxygen atoms in total. The summed E-state index contributed by atoms with van der Waals surface area (Å²) in [5.41, 5.74) is -1.01. The van der Waals surface area contributed by atoms with Crippen LogP contribution >= 0.6 is 23.2 Å². The molecule has 6 rings (SSSR count). The van der Waals surface area contributed by atoms with Crippen molar-refractivity contribution in [3.05, 3.63) is 82.4 Å². The van der Waals surface area contributed by atoms with Crippen molar-refractivity contribution in [2.24, 2.45) is 16.3 Å². The van der Waals surface area contributed by atoms with Gasteiger partial charge in [0.2, 0.25) is 5.96 Å². The smallest absolute Gasteiger partial charge is 0.463 e. The number of aromatic nitrogens is 4. The molecular weight excluding hydrogens is 760 g/mol. The molecule has 1 saturated carbocycles. The molecule has 18 heteroatoms. The Morgan fingerprint density at radius 3 is 2.33 bits per heavy atom. The number of rotatable bonds is 11. The fraction of sp³-hybridized carbons (Fsp3) is 0.389. The fourth-order valence-electron chi connectivity index (χ4n) is 6.31. The fourth-order valence-corrected chi connectivity index (χ4v) is 6.65. The number of ether oxygens (including phenoxy) is 1. The lowest BCUT2D eigenvalue weighted by Crippen LogP contribution is -2.51. The van der Waals surface area contributed by atoms with Gasteiger partial charge in [0.25, 0.3) is 5.91 Å². The van der Waals surface area contributed by atoms with Gasteiger partial charge < -0.3 is 9.72 Å². The summed E-state index contributed by atoms with van der Waals surface area (Å²) in [7, 11) is 0. The van der Waals surface area contributed by atoms with Crippen LogP contribution in [0.2, 0.25) is 10.2 Å². The average molecular weight is 795 g/mol. The molecule has 2 N–H and O–H groups in total. The van der Waals surface area contributed by atoms with E-state index in [0.29, 0.717) is 21.4 Å². The molecule has 0 radical (unpaired) electrons. The van der Waals surface area contributed by atoms with Crippen LogP contribution in [0.25, 0.3) is 22.5 Å². The SMILES string of the molecule is CC(C)(C)C[C@]1(c2ccc(-c3cnn(C(F)F)c3)cc2)N=C(NC(=O)C(F)(F)F)N([C@H](COC(=O)CC2CC2)c2ccc(Cl)c(-c3ncc(Cl)[nH]3)c2)C1=O. The van der Waals surface area contributed by atoms with Crippen LogP contribution in [0.1, 0.15) is 70.2 Å². The molecule has 2 aromatic carbocycles. The van der Waals surface area contributed by atoms with E-state index in [9.17, 15) is 31.5 Å². The van der Waals surface area contributed by atoms with Gasteiger partial charge in [0, 0.05) is 23.7 Å². The summed E-state index contributed by atoms with van der Waals surface area (Å²) in [5, 5.41) is 5.87. The number of nitrogens with one attached hydrogen (secondary N) is 2. The monoisotopic (exact) mass is 793 g/mol. The number of benzene rings is 2. The van der Waals surface area contributed by atoms with Crippen molar-refractivity contribution < 1.29 is 41.1 Å². The summed E-state index contributed by atoms with van der Waals surface area (Å²) in [4.78, 5) is 53.2. The minimum absolute atomic E-state index is 0.0612. The van der Waals surface area contributed by atoms with E-state index in [0.717, 1.165) is 23.9 Å². The van der Waals surface area contributed by atoms with E-state index in [1.807, 2.05) is 5.32 Å². The molecule has 1 aliphatic heterocycles. The lowest BCUT2D eigenvalue weighted by atomic mass is 9.75. The Morgan fingerprint density at radius 1 is 1.06 bits per heavy atom. The van der Waals surface area contributed by atoms with Crippen molar-refractivity contribution in [1.82, 2.24) is 30.0 Å². The van der Waals surface area contributed by atoms with Crippen molar-refractivity contribution >= 4 is 46.9 Å². The quantitative estimate of drug-likeness (QED) is 0.116. The van der Waals surface area contributed by atoms with Gasteiger partial charge in [-0.3, -0.25) is 24.6 Å². The number of aromatic amines is 1. The highest BCUT2D eigenvalue weighted by atomic mass is 35.5. The van der Waals surface area contributed by atoms with Gasteiger partial charge in [0.1, 0.15) is 17.6 Å². The molecule has 0 bridgehead atoms. The number of imidazole rings is 1. The number of hydrogen-bond donors (Lipinski definition) is 2. The van der Waals surface area contributed by atoms with Gasteiger partial charge in [-0.05, 0) is 59.4 Å². The van der Waals surface area contributed by atoms with E-state index in [1.54, 1.807) is 32.9 Å². The van der Waals surface area contributed by atoms with Gasteiger partial charge in [0.05, 0.1) is 23.5 Å². The molecule has 2 atom stereocenters. The molecular formula is C36H34Cl2F5N7O4. The summed E-state index contributed by atoms with van der Waals surface area (Å²) in [6.45, 7) is 2.01. The summed E-state index contributed by atoms with van der Waals surface area (Å²) >= 11 is 12.6. The molecule has 3 heterocycles. The molecule has 2 amide bonds. The Balaban J connectivity index is 1.49. The molecule has 0 spiro atoms. The number of nitrogens with zero attached hydrogens (tertiary/aromatic N) is 5. The summed E-state index contributed by atoms with van der Waals surface area (Å²) in [6.07, 6.45) is 0.0982. The maximum atomic E-state index is 15.1. The normalized spacial score (nSPS) is 18.2. The highest BCUT2D eigenvalue weighted by Crippen LogP contribution is 2.46. The second-order valence-electron chi connectivity index (χ2n) is 14.4. The lowest BCUT2D eigenvalue weighted by molar-refractivity contribution is -0.172. The summed E-state index contributed by atoms with van der Waals surface area (Å²) in [5.74, 6) is -4.13. The number of guanidine groups is 1. The van der Waals surface area contributed by atoms with Crippen LogP contribution in [-0.4, -0.2) is 61.2 Å². The van der Waals surface area contributed by atoms with Crippen LogP contribution in [0, 0.1) is 11.3 Å². The largest absolute Gasteiger partial charge is 0.471 e. The second-order valence-corrected chi connectivity index (χ2v) is 15.2. The van der Waals surface area contributed by atoms with Crippen molar-refractivity contribution in [2.45, 2.75) is 70.8 Å². The first-order valence-electron chi connectivity index (χ1n) is 16.8. The van der Waals surface area contributed by atoms with E-state index >= 15 is 4.79 Å². The number of carbonyl (C=O) groups is 3. The third-order valence-corrected chi connectivity index (χ3v) is 9.43. The van der Waals surface area contributed by atoms with E-state index in [-0.39, 0.29) is 45.9 Å². The highest BCUT2D eigenvalue weighted by Gasteiger charge is 2.55. The van der Waals surface area contributed by atoms with Gasteiger partial charge in [-0.2, -0.15) is 27.1 Å². The predicted molar refractivity (Wildman–Crippen MR) is 188 cm³/mol. The topological polar surface area (TPSA) is 135 Å². The Kier molecular flexibility index (Phi) is 10.6. The van der Waals surface area contributed by atoms with Crippen molar-refractivity contribution in [1.29, 1.82) is 0 Å². The molecule has 286 valence electrons.